The zero-order valence-corrected chi connectivity index (χ0v) is 33.3. The van der Waals surface area contributed by atoms with E-state index in [1.54, 1.807) is 37.7 Å². The second-order valence-corrected chi connectivity index (χ2v) is 17.0. The van der Waals surface area contributed by atoms with Gasteiger partial charge in [0.05, 0.1) is 46.1 Å². The van der Waals surface area contributed by atoms with E-state index in [9.17, 15) is 0 Å². The van der Waals surface area contributed by atoms with E-state index < -0.39 is 0 Å². The van der Waals surface area contributed by atoms with Gasteiger partial charge in [-0.3, -0.25) is 19.9 Å². The average molecular weight is 783 g/mol. The number of hydrogen-bond donors (Lipinski definition) is 0. The van der Waals surface area contributed by atoms with Crippen LogP contribution in [0.5, 0.6) is 11.5 Å². The van der Waals surface area contributed by atoms with Gasteiger partial charge in [0.2, 0.25) is 0 Å². The molecule has 0 aliphatic heterocycles. The maximum Gasteiger partial charge on any atom is 0.143 e. The van der Waals surface area contributed by atoms with Crippen LogP contribution in [0.2, 0.25) is 0 Å². The minimum Gasteiger partial charge on any atom is -0.495 e. The first-order valence-corrected chi connectivity index (χ1v) is 21.5. The van der Waals surface area contributed by atoms with Crippen molar-refractivity contribution in [2.45, 2.75) is 55.1 Å². The highest BCUT2D eigenvalue weighted by Gasteiger charge is 2.18. The highest BCUT2D eigenvalue weighted by atomic mass is 32.2. The van der Waals surface area contributed by atoms with Gasteiger partial charge in [-0.25, -0.2) is 0 Å². The van der Waals surface area contributed by atoms with Gasteiger partial charge in [-0.2, -0.15) is 0 Å². The monoisotopic (exact) mass is 782 g/mol. The number of nitrogens with zero attached hydrogens (tertiary/aromatic N) is 4. The second kappa shape index (κ2) is 17.3. The van der Waals surface area contributed by atoms with Gasteiger partial charge in [-0.05, 0) is 60.7 Å². The molecule has 4 heterocycles. The van der Waals surface area contributed by atoms with Crippen molar-refractivity contribution in [3.8, 4) is 11.5 Å². The predicted octanol–water partition coefficient (Wildman–Crippen LogP) is 12.6. The van der Waals surface area contributed by atoms with Crippen LogP contribution in [-0.2, 0) is 0 Å². The summed E-state index contributed by atoms with van der Waals surface area (Å²) in [7, 11) is 3.48. The van der Waals surface area contributed by atoms with Gasteiger partial charge in [-0.1, -0.05) is 97.0 Å². The fourth-order valence-corrected chi connectivity index (χ4v) is 11.1. The van der Waals surface area contributed by atoms with Gasteiger partial charge in [-0.15, -0.1) is 23.5 Å². The number of pyridine rings is 4. The summed E-state index contributed by atoms with van der Waals surface area (Å²) in [5, 5.41) is 4.33. The molecular weight excluding hydrogens is 745 g/mol. The Labute approximate surface area is 332 Å². The summed E-state index contributed by atoms with van der Waals surface area (Å²) >= 11 is 7.22. The molecule has 0 bridgehead atoms. The number of methoxy groups -OCH3 is 2. The highest BCUT2D eigenvalue weighted by molar-refractivity contribution is 8.03. The first-order chi connectivity index (χ1) is 26.7. The van der Waals surface area contributed by atoms with E-state index in [0.717, 1.165) is 89.2 Å². The summed E-state index contributed by atoms with van der Waals surface area (Å²) in [6.07, 6.45) is 12.6. The standard InChI is InChI=1S/C44H38N4O2S4/c1-49-41-29-15-5-9-19-33(29)45-25-37(41)53-43-31-17-7-11-21-35(31)47-27-39(43)51-23-13-3-4-14-24-52-40-28-48-36-22-12-8-18-32(36)44(40)54-38-26-46-34-20-10-6-16-30(34)42(38)50-2/h5-12,15-22,25-28H,3-4,13-14,23-24H2,1-2H3. The number of fused-ring (bicyclic) bond motifs is 4. The van der Waals surface area contributed by atoms with Gasteiger partial charge in [0, 0.05) is 65.9 Å². The lowest BCUT2D eigenvalue weighted by molar-refractivity contribution is 0.409. The molecule has 10 heteroatoms. The summed E-state index contributed by atoms with van der Waals surface area (Å²) in [5.41, 5.74) is 3.84. The Morgan fingerprint density at radius 1 is 0.407 bits per heavy atom. The van der Waals surface area contributed by atoms with Crippen molar-refractivity contribution < 1.29 is 9.47 Å². The van der Waals surface area contributed by atoms with E-state index in [2.05, 4.69) is 48.5 Å². The first kappa shape index (κ1) is 36.5. The minimum atomic E-state index is 0.857. The Bertz CT molecular complexity index is 2410. The third-order valence-corrected chi connectivity index (χ3v) is 14.0. The predicted molar refractivity (Wildman–Crippen MR) is 228 cm³/mol. The smallest absolute Gasteiger partial charge is 0.143 e. The largest absolute Gasteiger partial charge is 0.495 e. The van der Waals surface area contributed by atoms with Crippen LogP contribution in [0.4, 0.5) is 0 Å². The van der Waals surface area contributed by atoms with E-state index >= 15 is 0 Å². The van der Waals surface area contributed by atoms with Crippen molar-refractivity contribution in [2.24, 2.45) is 0 Å². The Balaban J connectivity index is 0.905. The second-order valence-electron chi connectivity index (χ2n) is 12.6. The molecule has 0 amide bonds. The fraction of sp³-hybridized carbons (Fsp3) is 0.182. The number of benzene rings is 4. The van der Waals surface area contributed by atoms with Crippen LogP contribution in [0.15, 0.2) is 151 Å². The van der Waals surface area contributed by atoms with Gasteiger partial charge >= 0.3 is 0 Å². The molecule has 4 aromatic carbocycles. The molecule has 0 aliphatic rings. The molecular formula is C44H38N4O2S4. The molecule has 54 heavy (non-hydrogen) atoms. The van der Waals surface area contributed by atoms with E-state index in [0.29, 0.717) is 0 Å². The summed E-state index contributed by atoms with van der Waals surface area (Å²) in [6.45, 7) is 0. The number of aromatic nitrogens is 4. The van der Waals surface area contributed by atoms with Crippen molar-refractivity contribution in [1.29, 1.82) is 0 Å². The number of thioether (sulfide) groups is 2. The molecule has 6 nitrogen and oxygen atoms in total. The van der Waals surface area contributed by atoms with E-state index in [1.807, 2.05) is 96.8 Å². The summed E-state index contributed by atoms with van der Waals surface area (Å²) in [5.74, 6) is 3.78. The molecule has 0 aliphatic carbocycles. The van der Waals surface area contributed by atoms with Crippen LogP contribution < -0.4 is 9.47 Å². The summed E-state index contributed by atoms with van der Waals surface area (Å²) < 4.78 is 11.9. The molecule has 0 saturated carbocycles. The Hall–Kier alpha value is -4.48. The van der Waals surface area contributed by atoms with Crippen molar-refractivity contribution in [3.05, 3.63) is 122 Å². The summed E-state index contributed by atoms with van der Waals surface area (Å²) in [4.78, 5) is 25.9. The molecule has 8 aromatic rings. The van der Waals surface area contributed by atoms with Gasteiger partial charge in [0.25, 0.3) is 0 Å². The van der Waals surface area contributed by atoms with Crippen molar-refractivity contribution in [1.82, 2.24) is 19.9 Å². The molecule has 4 aromatic heterocycles. The third kappa shape index (κ3) is 7.84. The Morgan fingerprint density at radius 3 is 1.13 bits per heavy atom. The number of ether oxygens (including phenoxy) is 2. The minimum absolute atomic E-state index is 0.857. The van der Waals surface area contributed by atoms with Crippen LogP contribution >= 0.6 is 47.0 Å². The van der Waals surface area contributed by atoms with Gasteiger partial charge in [0.1, 0.15) is 11.5 Å². The molecule has 0 radical (unpaired) electrons. The van der Waals surface area contributed by atoms with Gasteiger partial charge < -0.3 is 9.47 Å². The average Bonchev–Trinajstić information content (AvgIpc) is 3.22. The molecule has 0 N–H and O–H groups in total. The van der Waals surface area contributed by atoms with Crippen LogP contribution in [0, 0.1) is 0 Å². The lowest BCUT2D eigenvalue weighted by Crippen LogP contribution is -1.93. The number of para-hydroxylation sites is 4. The first-order valence-electron chi connectivity index (χ1n) is 17.9. The van der Waals surface area contributed by atoms with Crippen molar-refractivity contribution in [2.75, 3.05) is 25.7 Å². The Kier molecular flexibility index (Phi) is 11.7. The summed E-state index contributed by atoms with van der Waals surface area (Å²) in [6, 6.07) is 33.0. The van der Waals surface area contributed by atoms with Crippen LogP contribution in [0.1, 0.15) is 25.7 Å². The van der Waals surface area contributed by atoms with E-state index in [4.69, 9.17) is 29.4 Å². The SMILES string of the molecule is COc1c(Sc2c(SCCCCCCSc3cnc4ccccc4c3Sc3cnc4ccccc4c3OC)cnc3ccccc23)cnc2ccccc12. The van der Waals surface area contributed by atoms with E-state index in [-0.39, 0.29) is 0 Å². The zero-order chi connectivity index (χ0) is 36.7. The zero-order valence-electron chi connectivity index (χ0n) is 30.0. The van der Waals surface area contributed by atoms with Gasteiger partial charge in [0.15, 0.2) is 0 Å². The third-order valence-electron chi connectivity index (χ3n) is 9.16. The van der Waals surface area contributed by atoms with Crippen LogP contribution in [-0.4, -0.2) is 45.7 Å². The van der Waals surface area contributed by atoms with Crippen LogP contribution in [0.3, 0.4) is 0 Å². The molecule has 0 atom stereocenters. The number of unbranched alkanes of at least 4 members (excludes halogenated alkanes) is 3. The lowest BCUT2D eigenvalue weighted by atomic mass is 10.2. The molecule has 0 saturated heterocycles. The topological polar surface area (TPSA) is 70.0 Å². The molecule has 8 rings (SSSR count). The number of rotatable bonds is 15. The maximum atomic E-state index is 5.93. The molecule has 270 valence electrons. The Morgan fingerprint density at radius 2 is 0.741 bits per heavy atom. The number of hydrogen-bond acceptors (Lipinski definition) is 10. The van der Waals surface area contributed by atoms with Crippen molar-refractivity contribution in [3.63, 3.8) is 0 Å². The fourth-order valence-electron chi connectivity index (χ4n) is 6.52. The lowest BCUT2D eigenvalue weighted by Gasteiger charge is -2.15. The molecule has 0 spiro atoms. The van der Waals surface area contributed by atoms with Crippen molar-refractivity contribution >= 4 is 90.7 Å². The molecule has 0 fully saturated rings. The molecule has 0 unspecified atom stereocenters. The normalized spacial score (nSPS) is 11.5. The quantitative estimate of drug-likeness (QED) is 0.0741. The van der Waals surface area contributed by atoms with Crippen LogP contribution in [0.25, 0.3) is 43.6 Å². The highest BCUT2D eigenvalue weighted by Crippen LogP contribution is 2.46. The maximum absolute atomic E-state index is 5.93. The van der Waals surface area contributed by atoms with E-state index in [1.165, 1.54) is 32.4 Å².